The molecule has 2 aromatic rings. The fourth-order valence-corrected chi connectivity index (χ4v) is 11.3. The van der Waals surface area contributed by atoms with E-state index in [0.717, 1.165) is 47.3 Å². The first-order valence-electron chi connectivity index (χ1n) is 24.1. The lowest BCUT2D eigenvalue weighted by molar-refractivity contribution is 0.140. The van der Waals surface area contributed by atoms with Crippen LogP contribution in [0.3, 0.4) is 0 Å². The van der Waals surface area contributed by atoms with Crippen LogP contribution in [0.25, 0.3) is 11.1 Å². The van der Waals surface area contributed by atoms with E-state index >= 15 is 0 Å². The molecule has 0 saturated heterocycles. The Kier molecular flexibility index (Phi) is 21.3. The first-order valence-corrected chi connectivity index (χ1v) is 24.1. The van der Waals surface area contributed by atoms with Gasteiger partial charge in [0.1, 0.15) is 0 Å². The molecule has 300 valence electrons. The molecule has 0 heteroatoms. The lowest BCUT2D eigenvalue weighted by Gasteiger charge is -2.38. The number of rotatable bonds is 14. The van der Waals surface area contributed by atoms with Gasteiger partial charge in [0.25, 0.3) is 0 Å². The Balaban J connectivity index is 0.000000179. The van der Waals surface area contributed by atoms with Crippen LogP contribution in [0.5, 0.6) is 0 Å². The van der Waals surface area contributed by atoms with Gasteiger partial charge < -0.3 is 0 Å². The Bertz CT molecular complexity index is 1140. The molecule has 0 amide bonds. The van der Waals surface area contributed by atoms with Gasteiger partial charge >= 0.3 is 0 Å². The van der Waals surface area contributed by atoms with Crippen LogP contribution < -0.4 is 0 Å². The fraction of sp³-hybridized carbons (Fsp3) is 0.774. The van der Waals surface area contributed by atoms with E-state index in [9.17, 15) is 0 Å². The molecule has 0 unspecified atom stereocenters. The summed E-state index contributed by atoms with van der Waals surface area (Å²) in [5.74, 6) is 8.78. The quantitative estimate of drug-likeness (QED) is 0.170. The summed E-state index contributed by atoms with van der Waals surface area (Å²) in [6, 6.07) is 17.6. The highest BCUT2D eigenvalue weighted by molar-refractivity contribution is 5.63. The minimum absolute atomic E-state index is 1.07. The van der Waals surface area contributed by atoms with Gasteiger partial charge in [0, 0.05) is 0 Å². The van der Waals surface area contributed by atoms with Gasteiger partial charge in [-0.05, 0) is 129 Å². The largest absolute Gasteiger partial charge is 0.0654 e. The fourth-order valence-electron chi connectivity index (χ4n) is 11.3. The molecule has 6 rings (SSSR count). The van der Waals surface area contributed by atoms with Crippen molar-refractivity contribution in [1.82, 2.24) is 0 Å². The summed E-state index contributed by atoms with van der Waals surface area (Å²) in [6.45, 7) is 13.7. The first kappa shape index (κ1) is 44.2. The van der Waals surface area contributed by atoms with Gasteiger partial charge in [-0.2, -0.15) is 0 Å². The lowest BCUT2D eigenvalue weighted by atomic mass is 9.68. The van der Waals surface area contributed by atoms with Crippen molar-refractivity contribution in [3.05, 3.63) is 59.7 Å². The van der Waals surface area contributed by atoms with E-state index in [-0.39, 0.29) is 0 Å². The van der Waals surface area contributed by atoms with E-state index in [1.807, 2.05) is 0 Å². The van der Waals surface area contributed by atoms with Crippen molar-refractivity contribution in [2.75, 3.05) is 0 Å². The second kappa shape index (κ2) is 25.6. The lowest BCUT2D eigenvalue weighted by Crippen LogP contribution is -2.25. The summed E-state index contributed by atoms with van der Waals surface area (Å²) in [5.41, 5.74) is 5.35. The number of hydrogen-bond acceptors (Lipinski definition) is 0. The zero-order chi connectivity index (χ0) is 37.7. The Hall–Kier alpha value is -1.56. The Morgan fingerprint density at radius 2 is 0.755 bits per heavy atom. The summed E-state index contributed by atoms with van der Waals surface area (Å²) in [6.07, 6.45) is 40.4. The maximum Gasteiger partial charge on any atom is -0.0184 e. The molecule has 0 bridgehead atoms. The summed E-state index contributed by atoms with van der Waals surface area (Å²) >= 11 is 0. The monoisotopic (exact) mass is 725 g/mol. The van der Waals surface area contributed by atoms with Crippen LogP contribution in [0.15, 0.2) is 48.5 Å². The predicted octanol–water partition coefficient (Wildman–Crippen LogP) is 17.4. The standard InChI is InChI=1S/C20H38.C17H32.C16H18/c1-3-5-6-8-18-11-15-20(16-12-18)19-13-9-17(7-4-2)10-14-19;1-3-5-15-8-12-17(13-9-15)16-10-6-14(4-2)7-11-16;1-3-4-14-7-11-16(12-8-14)15-9-5-13(2)6-10-15/h17-20H,3-16H2,1-2H3;14-17H,3-13H2,1-2H3;5-12H,3-4H2,1-2H3. The minimum Gasteiger partial charge on any atom is -0.0654 e. The van der Waals surface area contributed by atoms with E-state index in [0.29, 0.717) is 0 Å². The molecular formula is C53H88. The van der Waals surface area contributed by atoms with Crippen molar-refractivity contribution in [1.29, 1.82) is 0 Å². The van der Waals surface area contributed by atoms with Gasteiger partial charge in [0.2, 0.25) is 0 Å². The molecule has 0 N–H and O–H groups in total. The number of aryl methyl sites for hydroxylation is 2. The van der Waals surface area contributed by atoms with Crippen molar-refractivity contribution in [2.24, 2.45) is 47.3 Å². The van der Waals surface area contributed by atoms with Crippen LogP contribution in [-0.2, 0) is 6.42 Å². The average molecular weight is 725 g/mol. The third kappa shape index (κ3) is 15.8. The molecular weight excluding hydrogens is 637 g/mol. The second-order valence-corrected chi connectivity index (χ2v) is 18.9. The highest BCUT2D eigenvalue weighted by Gasteiger charge is 2.31. The van der Waals surface area contributed by atoms with Crippen LogP contribution in [0.1, 0.15) is 213 Å². The van der Waals surface area contributed by atoms with Crippen LogP contribution >= 0.6 is 0 Å². The summed E-state index contributed by atoms with van der Waals surface area (Å²) in [5, 5.41) is 0. The van der Waals surface area contributed by atoms with Gasteiger partial charge in [0.15, 0.2) is 0 Å². The molecule has 0 aromatic heterocycles. The Morgan fingerprint density at radius 3 is 1.11 bits per heavy atom. The number of hydrogen-bond donors (Lipinski definition) is 0. The van der Waals surface area contributed by atoms with E-state index in [2.05, 4.69) is 90.1 Å². The third-order valence-corrected chi connectivity index (χ3v) is 15.0. The molecule has 0 spiro atoms. The average Bonchev–Trinajstić information content (AvgIpc) is 3.20. The van der Waals surface area contributed by atoms with Crippen molar-refractivity contribution in [3.63, 3.8) is 0 Å². The minimum atomic E-state index is 1.07. The molecule has 4 fully saturated rings. The molecule has 0 aliphatic heterocycles. The predicted molar refractivity (Wildman–Crippen MR) is 237 cm³/mol. The first-order chi connectivity index (χ1) is 26.0. The number of benzene rings is 2. The van der Waals surface area contributed by atoms with Gasteiger partial charge in [-0.1, -0.05) is 204 Å². The highest BCUT2D eigenvalue weighted by atomic mass is 14.4. The number of unbranched alkanes of at least 4 members (excludes halogenated alkanes) is 2. The van der Waals surface area contributed by atoms with Crippen molar-refractivity contribution in [3.8, 4) is 11.1 Å². The molecule has 0 nitrogen and oxygen atoms in total. The molecule has 0 radical (unpaired) electrons. The van der Waals surface area contributed by atoms with Crippen LogP contribution in [0.4, 0.5) is 0 Å². The maximum absolute atomic E-state index is 2.38. The normalized spacial score (nSPS) is 28.9. The zero-order valence-corrected chi connectivity index (χ0v) is 36.3. The van der Waals surface area contributed by atoms with Crippen LogP contribution in [0, 0.1) is 54.3 Å². The molecule has 4 aliphatic carbocycles. The van der Waals surface area contributed by atoms with Gasteiger partial charge in [-0.3, -0.25) is 0 Å². The third-order valence-electron chi connectivity index (χ3n) is 15.0. The van der Waals surface area contributed by atoms with E-state index in [1.165, 1.54) is 106 Å². The van der Waals surface area contributed by atoms with Gasteiger partial charge in [-0.25, -0.2) is 0 Å². The van der Waals surface area contributed by atoms with E-state index in [1.54, 1.807) is 89.9 Å². The molecule has 53 heavy (non-hydrogen) atoms. The van der Waals surface area contributed by atoms with E-state index < -0.39 is 0 Å². The van der Waals surface area contributed by atoms with Crippen molar-refractivity contribution < 1.29 is 0 Å². The zero-order valence-electron chi connectivity index (χ0n) is 36.3. The van der Waals surface area contributed by atoms with Gasteiger partial charge in [0.05, 0.1) is 0 Å². The second-order valence-electron chi connectivity index (χ2n) is 18.9. The molecule has 2 aromatic carbocycles. The molecule has 4 aliphatic rings. The smallest absolute Gasteiger partial charge is 0.0184 e. The van der Waals surface area contributed by atoms with Crippen molar-refractivity contribution >= 4 is 0 Å². The van der Waals surface area contributed by atoms with Crippen LogP contribution in [0.2, 0.25) is 0 Å². The Morgan fingerprint density at radius 1 is 0.377 bits per heavy atom. The molecule has 4 saturated carbocycles. The molecule has 0 heterocycles. The van der Waals surface area contributed by atoms with Crippen molar-refractivity contribution in [2.45, 2.75) is 215 Å². The SMILES string of the molecule is CCCC1CCC(C2CCC(CC)CC2)CC1.CCCCCC1CCC(C2CCC(CCC)CC2)CC1.CCCc1ccc(-c2ccc(C)cc2)cc1. The summed E-state index contributed by atoms with van der Waals surface area (Å²) in [7, 11) is 0. The topological polar surface area (TPSA) is 0 Å². The summed E-state index contributed by atoms with van der Waals surface area (Å²) < 4.78 is 0. The summed E-state index contributed by atoms with van der Waals surface area (Å²) in [4.78, 5) is 0. The Labute approximate surface area is 331 Å². The maximum atomic E-state index is 2.38. The van der Waals surface area contributed by atoms with E-state index in [4.69, 9.17) is 0 Å². The highest BCUT2D eigenvalue weighted by Crippen LogP contribution is 2.44. The van der Waals surface area contributed by atoms with Gasteiger partial charge in [-0.15, -0.1) is 0 Å². The molecule has 0 atom stereocenters. The van der Waals surface area contributed by atoms with Crippen LogP contribution in [-0.4, -0.2) is 0 Å².